The maximum absolute atomic E-state index is 14.6. The first kappa shape index (κ1) is 24.9. The van der Waals surface area contributed by atoms with Crippen molar-refractivity contribution >= 4 is 5.91 Å². The van der Waals surface area contributed by atoms with E-state index in [0.29, 0.717) is 48.3 Å². The Morgan fingerprint density at radius 1 is 1.08 bits per heavy atom. The van der Waals surface area contributed by atoms with Crippen LogP contribution in [0.5, 0.6) is 5.88 Å². The van der Waals surface area contributed by atoms with Crippen LogP contribution < -0.4 is 10.1 Å². The Bertz CT molecular complexity index is 1100. The quantitative estimate of drug-likeness (QED) is 0.631. The third kappa shape index (κ3) is 4.46. The fourth-order valence-corrected chi connectivity index (χ4v) is 8.00. The van der Waals surface area contributed by atoms with Gasteiger partial charge in [0.15, 0.2) is 0 Å². The SMILES string of the molecule is COc1ccc2c(n1)C(O)CCC21CNCC1C(=O)N1CCC(c2ccccc2)CC1C1CCCCC1. The summed E-state index contributed by atoms with van der Waals surface area (Å²) in [7, 11) is 1.60. The average Bonchev–Trinajstić information content (AvgIpc) is 3.39. The molecule has 4 aliphatic rings. The summed E-state index contributed by atoms with van der Waals surface area (Å²) in [5.41, 5.74) is 2.82. The lowest BCUT2D eigenvalue weighted by Crippen LogP contribution is -2.55. The number of piperidine rings is 1. The summed E-state index contributed by atoms with van der Waals surface area (Å²) in [5.74, 6) is 1.82. The number of fused-ring (bicyclic) bond motifs is 2. The van der Waals surface area contributed by atoms with E-state index in [9.17, 15) is 9.90 Å². The number of ether oxygens (including phenoxy) is 1. The number of carbonyl (C=O) groups excluding carboxylic acids is 1. The minimum atomic E-state index is -0.608. The molecule has 2 aliphatic heterocycles. The topological polar surface area (TPSA) is 74.7 Å². The Morgan fingerprint density at radius 3 is 2.68 bits per heavy atom. The molecule has 1 spiro atoms. The van der Waals surface area contributed by atoms with Gasteiger partial charge in [0.2, 0.25) is 11.8 Å². The zero-order chi connectivity index (χ0) is 25.4. The molecule has 6 rings (SSSR count). The zero-order valence-corrected chi connectivity index (χ0v) is 22.1. The monoisotopic (exact) mass is 503 g/mol. The normalized spacial score (nSPS) is 32.3. The molecule has 1 amide bonds. The van der Waals surface area contributed by atoms with E-state index < -0.39 is 6.10 Å². The Labute approximate surface area is 220 Å². The van der Waals surface area contributed by atoms with E-state index in [1.807, 2.05) is 6.07 Å². The van der Waals surface area contributed by atoms with Gasteiger partial charge in [-0.05, 0) is 61.5 Å². The molecule has 3 heterocycles. The lowest BCUT2D eigenvalue weighted by Gasteiger charge is -2.48. The highest BCUT2D eigenvalue weighted by Crippen LogP contribution is 2.49. The number of likely N-dealkylation sites (tertiary alicyclic amines) is 1. The summed E-state index contributed by atoms with van der Waals surface area (Å²) in [4.78, 5) is 21.5. The molecule has 1 aromatic heterocycles. The molecule has 2 aliphatic carbocycles. The molecule has 1 saturated carbocycles. The number of nitrogens with one attached hydrogen (secondary N) is 1. The van der Waals surface area contributed by atoms with E-state index in [-0.39, 0.29) is 11.3 Å². The second-order valence-electron chi connectivity index (χ2n) is 11.8. The van der Waals surface area contributed by atoms with Crippen molar-refractivity contribution in [2.24, 2.45) is 11.8 Å². The number of methoxy groups -OCH3 is 1. The van der Waals surface area contributed by atoms with Crippen LogP contribution in [0.2, 0.25) is 0 Å². The van der Waals surface area contributed by atoms with E-state index in [2.05, 4.69) is 51.6 Å². The third-order valence-electron chi connectivity index (χ3n) is 9.97. The van der Waals surface area contributed by atoms with Gasteiger partial charge in [0, 0.05) is 37.2 Å². The summed E-state index contributed by atoms with van der Waals surface area (Å²) in [5, 5.41) is 14.4. The number of carbonyl (C=O) groups is 1. The first-order valence-electron chi connectivity index (χ1n) is 14.4. The van der Waals surface area contributed by atoms with Crippen molar-refractivity contribution in [2.45, 2.75) is 81.3 Å². The van der Waals surface area contributed by atoms with Crippen LogP contribution in [0, 0.1) is 11.8 Å². The molecule has 6 nitrogen and oxygen atoms in total. The van der Waals surface area contributed by atoms with Crippen LogP contribution in [-0.4, -0.2) is 53.7 Å². The number of aliphatic hydroxyl groups excluding tert-OH is 1. The van der Waals surface area contributed by atoms with Gasteiger partial charge >= 0.3 is 0 Å². The smallest absolute Gasteiger partial charge is 0.228 e. The summed E-state index contributed by atoms with van der Waals surface area (Å²) < 4.78 is 5.36. The van der Waals surface area contributed by atoms with E-state index >= 15 is 0 Å². The van der Waals surface area contributed by atoms with E-state index in [4.69, 9.17) is 4.74 Å². The van der Waals surface area contributed by atoms with E-state index in [0.717, 1.165) is 37.9 Å². The molecule has 37 heavy (non-hydrogen) atoms. The highest BCUT2D eigenvalue weighted by molar-refractivity contribution is 5.82. The minimum absolute atomic E-state index is 0.131. The van der Waals surface area contributed by atoms with Crippen molar-refractivity contribution in [3.05, 3.63) is 59.3 Å². The van der Waals surface area contributed by atoms with E-state index in [1.165, 1.54) is 37.7 Å². The van der Waals surface area contributed by atoms with E-state index in [1.54, 1.807) is 7.11 Å². The largest absolute Gasteiger partial charge is 0.481 e. The predicted octanol–water partition coefficient (Wildman–Crippen LogP) is 4.73. The number of nitrogens with zero attached hydrogens (tertiary/aromatic N) is 2. The number of aliphatic hydroxyl groups is 1. The fourth-order valence-electron chi connectivity index (χ4n) is 8.00. The number of aromatic nitrogens is 1. The van der Waals surface area contributed by atoms with Crippen molar-refractivity contribution in [1.29, 1.82) is 0 Å². The molecular formula is C31H41N3O3. The second kappa shape index (κ2) is 10.4. The summed E-state index contributed by atoms with van der Waals surface area (Å²) in [6.07, 6.45) is 9.29. The minimum Gasteiger partial charge on any atom is -0.481 e. The molecule has 3 fully saturated rings. The maximum atomic E-state index is 14.6. The van der Waals surface area contributed by atoms with Crippen molar-refractivity contribution < 1.29 is 14.6 Å². The van der Waals surface area contributed by atoms with Crippen LogP contribution in [0.1, 0.15) is 86.6 Å². The number of pyridine rings is 1. The molecule has 198 valence electrons. The van der Waals surface area contributed by atoms with Crippen LogP contribution in [0.15, 0.2) is 42.5 Å². The van der Waals surface area contributed by atoms with Gasteiger partial charge in [-0.15, -0.1) is 0 Å². The molecule has 5 unspecified atom stereocenters. The van der Waals surface area contributed by atoms with Crippen LogP contribution in [0.4, 0.5) is 0 Å². The summed E-state index contributed by atoms with van der Waals surface area (Å²) in [6, 6.07) is 15.2. The molecule has 0 radical (unpaired) electrons. The third-order valence-corrected chi connectivity index (χ3v) is 9.97. The second-order valence-corrected chi connectivity index (χ2v) is 11.8. The maximum Gasteiger partial charge on any atom is 0.228 e. The van der Waals surface area contributed by atoms with Crippen molar-refractivity contribution in [3.8, 4) is 5.88 Å². The molecule has 2 N–H and O–H groups in total. The molecular weight excluding hydrogens is 462 g/mol. The number of amides is 1. The Hall–Kier alpha value is -2.44. The first-order valence-corrected chi connectivity index (χ1v) is 14.4. The zero-order valence-electron chi connectivity index (χ0n) is 22.1. The van der Waals surface area contributed by atoms with Crippen molar-refractivity contribution in [3.63, 3.8) is 0 Å². The molecule has 1 aromatic carbocycles. The highest BCUT2D eigenvalue weighted by Gasteiger charge is 2.54. The molecule has 5 atom stereocenters. The average molecular weight is 504 g/mol. The first-order chi connectivity index (χ1) is 18.1. The Balaban J connectivity index is 1.31. The lowest BCUT2D eigenvalue weighted by molar-refractivity contribution is -0.143. The predicted molar refractivity (Wildman–Crippen MR) is 144 cm³/mol. The van der Waals surface area contributed by atoms with Crippen LogP contribution in [-0.2, 0) is 10.2 Å². The summed E-state index contributed by atoms with van der Waals surface area (Å²) in [6.45, 7) is 2.28. The van der Waals surface area contributed by atoms with Gasteiger partial charge in [-0.3, -0.25) is 4.79 Å². The Kier molecular flexibility index (Phi) is 6.97. The molecule has 0 bridgehead atoms. The highest BCUT2D eigenvalue weighted by atomic mass is 16.5. The number of hydrogen-bond donors (Lipinski definition) is 2. The number of rotatable bonds is 4. The van der Waals surface area contributed by atoms with Crippen molar-refractivity contribution in [1.82, 2.24) is 15.2 Å². The van der Waals surface area contributed by atoms with Crippen LogP contribution in [0.3, 0.4) is 0 Å². The Morgan fingerprint density at radius 2 is 1.89 bits per heavy atom. The van der Waals surface area contributed by atoms with Gasteiger partial charge in [-0.2, -0.15) is 0 Å². The van der Waals surface area contributed by atoms with Crippen molar-refractivity contribution in [2.75, 3.05) is 26.7 Å². The van der Waals surface area contributed by atoms with Crippen LogP contribution in [0.25, 0.3) is 0 Å². The number of benzene rings is 1. The van der Waals surface area contributed by atoms with Gasteiger partial charge in [0.25, 0.3) is 0 Å². The summed E-state index contributed by atoms with van der Waals surface area (Å²) >= 11 is 0. The molecule has 6 heteroatoms. The van der Waals surface area contributed by atoms with Gasteiger partial charge in [-0.25, -0.2) is 4.98 Å². The van der Waals surface area contributed by atoms with Gasteiger partial charge in [-0.1, -0.05) is 55.7 Å². The van der Waals surface area contributed by atoms with Gasteiger partial charge in [0.05, 0.1) is 24.8 Å². The molecule has 2 saturated heterocycles. The standard InChI is InChI=1S/C31H41N3O3/c1-37-28-13-12-24-29(33-28)27(35)14-16-31(24)20-32-19-25(31)30(36)34-17-15-23(21-8-4-2-5-9-21)18-26(34)22-10-6-3-7-11-22/h2,4-5,8-9,12-13,22-23,25-27,32,35H,3,6-7,10-11,14-20H2,1H3. The molecule has 2 aromatic rings. The van der Waals surface area contributed by atoms with Crippen LogP contribution >= 0.6 is 0 Å². The van der Waals surface area contributed by atoms with Gasteiger partial charge in [0.1, 0.15) is 0 Å². The lowest BCUT2D eigenvalue weighted by atomic mass is 9.64. The number of hydrogen-bond acceptors (Lipinski definition) is 5. The van der Waals surface area contributed by atoms with Gasteiger partial charge < -0.3 is 20.1 Å². The fraction of sp³-hybridized carbons (Fsp3) is 0.613.